The summed E-state index contributed by atoms with van der Waals surface area (Å²) in [6.07, 6.45) is -2.86. The summed E-state index contributed by atoms with van der Waals surface area (Å²) in [5.41, 5.74) is 8.30. The Hall–Kier alpha value is -3.55. The topological polar surface area (TPSA) is 62.5 Å². The molecule has 2 N–H and O–H groups in total. The van der Waals surface area contributed by atoms with E-state index in [9.17, 15) is 18.0 Å². The van der Waals surface area contributed by atoms with Crippen molar-refractivity contribution in [2.45, 2.75) is 13.1 Å². The van der Waals surface area contributed by atoms with Crippen LogP contribution in [0.5, 0.6) is 0 Å². The second-order valence-corrected chi connectivity index (χ2v) is 7.82. The van der Waals surface area contributed by atoms with Crippen LogP contribution in [-0.2, 0) is 6.18 Å². The van der Waals surface area contributed by atoms with E-state index in [4.69, 9.17) is 5.73 Å². The third-order valence-corrected chi connectivity index (χ3v) is 5.71. The minimum atomic E-state index is -4.35. The van der Waals surface area contributed by atoms with Gasteiger partial charge in [-0.25, -0.2) is 4.98 Å². The Morgan fingerprint density at radius 3 is 2.28 bits per heavy atom. The highest BCUT2D eigenvalue weighted by Gasteiger charge is 2.30. The Morgan fingerprint density at radius 1 is 0.969 bits per heavy atom. The lowest BCUT2D eigenvalue weighted by atomic mass is 9.97. The van der Waals surface area contributed by atoms with E-state index in [1.807, 2.05) is 24.3 Å². The average Bonchev–Trinajstić information content (AvgIpc) is 2.79. The Balaban J connectivity index is 1.47. The number of halogens is 3. The van der Waals surface area contributed by atoms with Crippen molar-refractivity contribution in [1.82, 2.24) is 4.98 Å². The van der Waals surface area contributed by atoms with Gasteiger partial charge in [-0.1, -0.05) is 18.2 Å². The van der Waals surface area contributed by atoms with Crippen molar-refractivity contribution in [3.05, 3.63) is 77.5 Å². The monoisotopic (exact) mass is 440 g/mol. The van der Waals surface area contributed by atoms with Crippen molar-refractivity contribution in [1.29, 1.82) is 0 Å². The van der Waals surface area contributed by atoms with Gasteiger partial charge in [-0.3, -0.25) is 4.79 Å². The van der Waals surface area contributed by atoms with Crippen LogP contribution in [0.25, 0.3) is 11.1 Å². The third kappa shape index (κ3) is 4.54. The molecule has 0 unspecified atom stereocenters. The van der Waals surface area contributed by atoms with E-state index in [0.717, 1.165) is 54.9 Å². The number of aryl methyl sites for hydroxylation is 1. The number of carbonyl (C=O) groups is 1. The van der Waals surface area contributed by atoms with Gasteiger partial charge in [-0.05, 0) is 60.0 Å². The number of carbonyl (C=O) groups excluding carboxylic acids is 1. The number of hydrogen-bond acceptors (Lipinski definition) is 4. The predicted molar refractivity (Wildman–Crippen MR) is 119 cm³/mol. The summed E-state index contributed by atoms with van der Waals surface area (Å²) >= 11 is 0. The standard InChI is InChI=1S/C24H23F3N4O/c1-16-13-19(24(25,26)27)6-7-21(16)17-3-2-4-20(14-17)30-9-11-31(12-10-30)22-8-5-18(15-29-22)23(28)32/h2-8,13-15H,9-12H2,1H3,(H2,28,32). The fraction of sp³-hybridized carbons (Fsp3) is 0.250. The number of hydrogen-bond donors (Lipinski definition) is 1. The van der Waals surface area contributed by atoms with Gasteiger partial charge in [-0.15, -0.1) is 0 Å². The highest BCUT2D eigenvalue weighted by molar-refractivity contribution is 5.92. The zero-order valence-electron chi connectivity index (χ0n) is 17.6. The highest BCUT2D eigenvalue weighted by Crippen LogP contribution is 2.34. The lowest BCUT2D eigenvalue weighted by Gasteiger charge is -2.37. The maximum Gasteiger partial charge on any atom is 0.416 e. The molecular formula is C24H23F3N4O. The zero-order valence-corrected chi connectivity index (χ0v) is 17.6. The molecule has 0 saturated carbocycles. The number of alkyl halides is 3. The molecule has 1 saturated heterocycles. The van der Waals surface area contributed by atoms with Gasteiger partial charge in [0.2, 0.25) is 5.91 Å². The number of amides is 1. The van der Waals surface area contributed by atoms with Crippen LogP contribution in [0.15, 0.2) is 60.8 Å². The van der Waals surface area contributed by atoms with Gasteiger partial charge >= 0.3 is 6.18 Å². The van der Waals surface area contributed by atoms with E-state index in [1.165, 1.54) is 18.3 Å². The summed E-state index contributed by atoms with van der Waals surface area (Å²) in [5.74, 6) is 0.292. The largest absolute Gasteiger partial charge is 0.416 e. The van der Waals surface area contributed by atoms with Crippen LogP contribution in [0.4, 0.5) is 24.7 Å². The Morgan fingerprint density at radius 2 is 1.69 bits per heavy atom. The second-order valence-electron chi connectivity index (χ2n) is 7.82. The van der Waals surface area contributed by atoms with Crippen molar-refractivity contribution in [2.24, 2.45) is 5.73 Å². The smallest absolute Gasteiger partial charge is 0.368 e. The second kappa shape index (κ2) is 8.53. The first-order valence-corrected chi connectivity index (χ1v) is 10.3. The summed E-state index contributed by atoms with van der Waals surface area (Å²) in [6.45, 7) is 4.76. The number of benzene rings is 2. The highest BCUT2D eigenvalue weighted by atomic mass is 19.4. The minimum Gasteiger partial charge on any atom is -0.368 e. The van der Waals surface area contributed by atoms with Crippen molar-refractivity contribution >= 4 is 17.4 Å². The Bertz CT molecular complexity index is 1120. The van der Waals surface area contributed by atoms with Gasteiger partial charge in [0.05, 0.1) is 11.1 Å². The molecule has 0 spiro atoms. The molecule has 8 heteroatoms. The predicted octanol–water partition coefficient (Wildman–Crippen LogP) is 4.50. The van der Waals surface area contributed by atoms with Crippen LogP contribution in [0, 0.1) is 6.92 Å². The molecule has 0 bridgehead atoms. The number of primary amides is 1. The molecular weight excluding hydrogens is 417 g/mol. The normalized spacial score (nSPS) is 14.5. The first-order chi connectivity index (χ1) is 15.2. The van der Waals surface area contributed by atoms with Gasteiger partial charge < -0.3 is 15.5 Å². The Kier molecular flexibility index (Phi) is 5.78. The molecule has 2 heterocycles. The van der Waals surface area contributed by atoms with Crippen molar-refractivity contribution < 1.29 is 18.0 Å². The number of pyridine rings is 1. The molecule has 3 aromatic rings. The van der Waals surface area contributed by atoms with Crippen LogP contribution in [0.2, 0.25) is 0 Å². The molecule has 32 heavy (non-hydrogen) atoms. The van der Waals surface area contributed by atoms with Crippen LogP contribution in [-0.4, -0.2) is 37.1 Å². The van der Waals surface area contributed by atoms with Crippen LogP contribution < -0.4 is 15.5 Å². The van der Waals surface area contributed by atoms with Crippen LogP contribution >= 0.6 is 0 Å². The maximum atomic E-state index is 13.0. The molecule has 1 fully saturated rings. The molecule has 5 nitrogen and oxygen atoms in total. The van der Waals surface area contributed by atoms with Gasteiger partial charge in [0.15, 0.2) is 0 Å². The van der Waals surface area contributed by atoms with Gasteiger partial charge in [0.1, 0.15) is 5.82 Å². The molecule has 0 radical (unpaired) electrons. The lowest BCUT2D eigenvalue weighted by molar-refractivity contribution is -0.137. The van der Waals surface area contributed by atoms with E-state index in [2.05, 4.69) is 14.8 Å². The minimum absolute atomic E-state index is 0.378. The molecule has 1 aromatic heterocycles. The molecule has 1 amide bonds. The molecule has 4 rings (SSSR count). The summed E-state index contributed by atoms with van der Waals surface area (Å²) in [4.78, 5) is 19.9. The van der Waals surface area contributed by atoms with Gasteiger partial charge in [0.25, 0.3) is 0 Å². The van der Waals surface area contributed by atoms with Gasteiger partial charge in [-0.2, -0.15) is 13.2 Å². The molecule has 1 aliphatic heterocycles. The van der Waals surface area contributed by atoms with E-state index < -0.39 is 17.6 Å². The molecule has 166 valence electrons. The number of piperazine rings is 1. The third-order valence-electron chi connectivity index (χ3n) is 5.71. The fourth-order valence-electron chi connectivity index (χ4n) is 3.95. The lowest BCUT2D eigenvalue weighted by Crippen LogP contribution is -2.46. The molecule has 2 aromatic carbocycles. The van der Waals surface area contributed by atoms with E-state index in [-0.39, 0.29) is 0 Å². The summed E-state index contributed by atoms with van der Waals surface area (Å²) < 4.78 is 38.9. The quantitative estimate of drug-likeness (QED) is 0.649. The fourth-order valence-corrected chi connectivity index (χ4v) is 3.95. The van der Waals surface area contributed by atoms with Crippen molar-refractivity contribution in [2.75, 3.05) is 36.0 Å². The summed E-state index contributed by atoms with van der Waals surface area (Å²) in [7, 11) is 0. The molecule has 0 aliphatic carbocycles. The number of aromatic nitrogens is 1. The summed E-state index contributed by atoms with van der Waals surface area (Å²) in [5, 5.41) is 0. The number of nitrogens with two attached hydrogens (primary N) is 1. The van der Waals surface area contributed by atoms with E-state index >= 15 is 0 Å². The van der Waals surface area contributed by atoms with Crippen LogP contribution in [0.3, 0.4) is 0 Å². The van der Waals surface area contributed by atoms with E-state index in [1.54, 1.807) is 19.1 Å². The first kappa shape index (κ1) is 21.7. The first-order valence-electron chi connectivity index (χ1n) is 10.3. The SMILES string of the molecule is Cc1cc(C(F)(F)F)ccc1-c1cccc(N2CCN(c3ccc(C(N)=O)cn3)CC2)c1. The van der Waals surface area contributed by atoms with E-state index in [0.29, 0.717) is 11.1 Å². The Labute approximate surface area is 184 Å². The molecule has 0 atom stereocenters. The van der Waals surface area contributed by atoms with Crippen molar-refractivity contribution in [3.63, 3.8) is 0 Å². The zero-order chi connectivity index (χ0) is 22.9. The molecule has 1 aliphatic rings. The van der Waals surface area contributed by atoms with Crippen molar-refractivity contribution in [3.8, 4) is 11.1 Å². The number of rotatable bonds is 4. The van der Waals surface area contributed by atoms with Gasteiger partial charge in [0, 0.05) is 38.1 Å². The maximum absolute atomic E-state index is 13.0. The number of nitrogens with zero attached hydrogens (tertiary/aromatic N) is 3. The van der Waals surface area contributed by atoms with Crippen LogP contribution in [0.1, 0.15) is 21.5 Å². The number of anilines is 2. The average molecular weight is 440 g/mol. The summed E-state index contributed by atoms with van der Waals surface area (Å²) in [6, 6.07) is 15.2.